The van der Waals surface area contributed by atoms with Crippen molar-refractivity contribution in [3.63, 3.8) is 0 Å². The molecule has 1 aliphatic rings. The van der Waals surface area contributed by atoms with Crippen LogP contribution < -0.4 is 4.90 Å². The summed E-state index contributed by atoms with van der Waals surface area (Å²) >= 11 is 0. The predicted molar refractivity (Wildman–Crippen MR) is 138 cm³/mol. The van der Waals surface area contributed by atoms with Crippen molar-refractivity contribution in [2.45, 2.75) is 39.2 Å². The number of carbonyl (C=O) groups is 1. The number of nitrogens with zero attached hydrogens (tertiary/aromatic N) is 4. The molecule has 1 atom stereocenters. The smallest absolute Gasteiger partial charge is 0.227 e. The van der Waals surface area contributed by atoms with Crippen molar-refractivity contribution in [2.24, 2.45) is 0 Å². The van der Waals surface area contributed by atoms with E-state index in [9.17, 15) is 18.7 Å². The van der Waals surface area contributed by atoms with Gasteiger partial charge in [-0.2, -0.15) is 0 Å². The molecular formula is C29H24F2N4O3. The molecule has 1 amide bonds. The van der Waals surface area contributed by atoms with Crippen LogP contribution in [0.2, 0.25) is 0 Å². The number of halogens is 2. The van der Waals surface area contributed by atoms with Crippen molar-refractivity contribution in [1.29, 1.82) is 0 Å². The molecule has 0 aliphatic carbocycles. The Kier molecular flexibility index (Phi) is 5.71. The Balaban J connectivity index is 1.57. The Morgan fingerprint density at radius 2 is 1.74 bits per heavy atom. The Morgan fingerprint density at radius 1 is 0.974 bits per heavy atom. The fourth-order valence-electron chi connectivity index (χ4n) is 5.32. The van der Waals surface area contributed by atoms with Gasteiger partial charge in [0.1, 0.15) is 17.3 Å². The van der Waals surface area contributed by atoms with E-state index in [1.54, 1.807) is 24.3 Å². The zero-order chi connectivity index (χ0) is 26.6. The fraction of sp³-hybridized carbons (Fsp3) is 0.207. The van der Waals surface area contributed by atoms with Gasteiger partial charge in [-0.25, -0.2) is 13.8 Å². The number of carbonyl (C=O) groups excluding carboxylic acids is 1. The lowest BCUT2D eigenvalue weighted by Gasteiger charge is -2.35. The monoisotopic (exact) mass is 514 g/mol. The first-order chi connectivity index (χ1) is 18.3. The molecule has 3 heterocycles. The van der Waals surface area contributed by atoms with Crippen molar-refractivity contribution in [1.82, 2.24) is 14.7 Å². The highest BCUT2D eigenvalue weighted by Gasteiger charge is 2.35. The molecule has 9 heteroatoms. The number of aryl methyl sites for hydroxylation is 2. The van der Waals surface area contributed by atoms with Crippen LogP contribution in [0.15, 0.2) is 65.2 Å². The van der Waals surface area contributed by atoms with Crippen LogP contribution in [-0.2, 0) is 4.79 Å². The normalized spacial score (nSPS) is 15.9. The lowest BCUT2D eigenvalue weighted by molar-refractivity contribution is -0.120. The molecule has 0 radical (unpaired) electrons. The van der Waals surface area contributed by atoms with Gasteiger partial charge < -0.3 is 14.5 Å². The van der Waals surface area contributed by atoms with Crippen molar-refractivity contribution in [2.75, 3.05) is 4.90 Å². The number of anilines is 1. The number of phenols is 1. The van der Waals surface area contributed by atoms with Crippen LogP contribution in [0.5, 0.6) is 5.75 Å². The van der Waals surface area contributed by atoms with Crippen molar-refractivity contribution < 1.29 is 23.2 Å². The highest BCUT2D eigenvalue weighted by atomic mass is 19.2. The van der Waals surface area contributed by atoms with Crippen LogP contribution in [0, 0.1) is 25.5 Å². The predicted octanol–water partition coefficient (Wildman–Crippen LogP) is 6.54. The third kappa shape index (κ3) is 3.91. The molecular weight excluding hydrogens is 490 g/mol. The molecule has 0 unspecified atom stereocenters. The van der Waals surface area contributed by atoms with Crippen molar-refractivity contribution in [3.8, 4) is 22.6 Å². The number of aromatic nitrogens is 3. The van der Waals surface area contributed by atoms with Crippen LogP contribution in [0.4, 0.5) is 14.5 Å². The van der Waals surface area contributed by atoms with Gasteiger partial charge in [0.05, 0.1) is 22.8 Å². The molecule has 5 aromatic rings. The molecule has 1 N–H and O–H groups in total. The quantitative estimate of drug-likeness (QED) is 0.294. The highest BCUT2D eigenvalue weighted by Crippen LogP contribution is 2.39. The van der Waals surface area contributed by atoms with E-state index in [1.165, 1.54) is 11.0 Å². The summed E-state index contributed by atoms with van der Waals surface area (Å²) in [5.41, 5.74) is 5.06. The molecule has 192 valence electrons. The number of rotatable bonds is 4. The third-order valence-electron chi connectivity index (χ3n) is 7.04. The molecule has 1 fully saturated rings. The fourth-order valence-corrected chi connectivity index (χ4v) is 5.32. The topological polar surface area (TPSA) is 84.4 Å². The molecule has 0 saturated carbocycles. The summed E-state index contributed by atoms with van der Waals surface area (Å²) in [4.78, 5) is 19.7. The lowest BCUT2D eigenvalue weighted by Crippen LogP contribution is -2.39. The van der Waals surface area contributed by atoms with Crippen molar-refractivity contribution >= 4 is 22.6 Å². The van der Waals surface area contributed by atoms with E-state index in [0.717, 1.165) is 40.2 Å². The third-order valence-corrected chi connectivity index (χ3v) is 7.04. The second kappa shape index (κ2) is 9.09. The molecule has 38 heavy (non-hydrogen) atoms. The maximum Gasteiger partial charge on any atom is 0.227 e. The number of hydrogen-bond acceptors (Lipinski definition) is 5. The molecule has 3 aromatic carbocycles. The van der Waals surface area contributed by atoms with E-state index < -0.39 is 17.7 Å². The average molecular weight is 515 g/mol. The van der Waals surface area contributed by atoms with Crippen LogP contribution in [0.3, 0.4) is 0 Å². The minimum atomic E-state index is -1.02. The summed E-state index contributed by atoms with van der Waals surface area (Å²) in [5.74, 6) is -0.778. The number of fused-ring (bicyclic) bond motifs is 1. The Bertz CT molecular complexity index is 1670. The van der Waals surface area contributed by atoms with E-state index in [4.69, 9.17) is 9.51 Å². The van der Waals surface area contributed by atoms with Gasteiger partial charge in [0.2, 0.25) is 5.91 Å². The van der Waals surface area contributed by atoms with Gasteiger partial charge in [0, 0.05) is 29.4 Å². The zero-order valence-corrected chi connectivity index (χ0v) is 20.8. The van der Waals surface area contributed by atoms with E-state index in [1.807, 2.05) is 36.6 Å². The van der Waals surface area contributed by atoms with E-state index in [0.29, 0.717) is 36.4 Å². The second-order valence-electron chi connectivity index (χ2n) is 9.49. The van der Waals surface area contributed by atoms with E-state index in [-0.39, 0.29) is 17.3 Å². The maximum absolute atomic E-state index is 14.2. The molecule has 1 aliphatic heterocycles. The average Bonchev–Trinajstić information content (AvgIpc) is 3.45. The molecule has 0 bridgehead atoms. The Morgan fingerprint density at radius 3 is 2.45 bits per heavy atom. The van der Waals surface area contributed by atoms with Gasteiger partial charge in [0.15, 0.2) is 11.6 Å². The first kappa shape index (κ1) is 23.8. The van der Waals surface area contributed by atoms with Gasteiger partial charge in [-0.3, -0.25) is 9.36 Å². The first-order valence-electron chi connectivity index (χ1n) is 12.3. The van der Waals surface area contributed by atoms with E-state index >= 15 is 0 Å². The summed E-state index contributed by atoms with van der Waals surface area (Å²) < 4.78 is 35.2. The van der Waals surface area contributed by atoms with Gasteiger partial charge in [0.25, 0.3) is 0 Å². The molecule has 2 aromatic heterocycles. The maximum atomic E-state index is 14.2. The largest absolute Gasteiger partial charge is 0.508 e. The minimum absolute atomic E-state index is 0.122. The SMILES string of the molecule is Cc1noc(C)c1-c1ccc2c(c1)nc([C@@H]1CCCC(=O)N1c1ccc(F)c(F)c1)n2-c1ccc(O)cc1. The number of phenolic OH excluding ortho intramolecular Hbond substituents is 1. The van der Waals surface area contributed by atoms with E-state index in [2.05, 4.69) is 5.16 Å². The first-order valence-corrected chi connectivity index (χ1v) is 12.3. The number of hydrogen-bond donors (Lipinski definition) is 1. The number of benzene rings is 3. The molecule has 1 saturated heterocycles. The molecule has 6 rings (SSSR count). The van der Waals surface area contributed by atoms with Crippen LogP contribution >= 0.6 is 0 Å². The lowest BCUT2D eigenvalue weighted by atomic mass is 9.99. The minimum Gasteiger partial charge on any atom is -0.508 e. The zero-order valence-electron chi connectivity index (χ0n) is 20.8. The number of imidazole rings is 1. The van der Waals surface area contributed by atoms with Crippen LogP contribution in [-0.4, -0.2) is 25.7 Å². The van der Waals surface area contributed by atoms with Crippen LogP contribution in [0.25, 0.3) is 27.8 Å². The number of amides is 1. The number of piperidine rings is 1. The summed E-state index contributed by atoms with van der Waals surface area (Å²) in [6, 6.07) is 15.6. The van der Waals surface area contributed by atoms with Crippen LogP contribution in [0.1, 0.15) is 42.6 Å². The Labute approximate surface area is 216 Å². The van der Waals surface area contributed by atoms with Gasteiger partial charge in [-0.05, 0) is 80.8 Å². The summed E-state index contributed by atoms with van der Waals surface area (Å²) in [5, 5.41) is 14.0. The molecule has 7 nitrogen and oxygen atoms in total. The van der Waals surface area contributed by atoms with Gasteiger partial charge in [-0.1, -0.05) is 11.2 Å². The van der Waals surface area contributed by atoms with Gasteiger partial charge in [-0.15, -0.1) is 0 Å². The summed E-state index contributed by atoms with van der Waals surface area (Å²) in [6.45, 7) is 3.73. The second-order valence-corrected chi connectivity index (χ2v) is 9.49. The Hall–Kier alpha value is -4.53. The van der Waals surface area contributed by atoms with Crippen molar-refractivity contribution in [3.05, 3.63) is 89.6 Å². The molecule has 0 spiro atoms. The highest BCUT2D eigenvalue weighted by molar-refractivity contribution is 5.95. The summed E-state index contributed by atoms with van der Waals surface area (Å²) in [6.07, 6.45) is 1.51. The standard InChI is InChI=1S/C29H24F2N4O3/c1-16-28(17(2)38-33-16)18-6-13-25-24(14-18)32-29(35(25)19-7-10-21(36)11-8-19)26-4-3-5-27(37)34(26)20-9-12-22(30)23(31)15-20/h6-15,26,36H,3-5H2,1-2H3/t26-/m0/s1. The number of aromatic hydroxyl groups is 1. The van der Waals surface area contributed by atoms with Gasteiger partial charge >= 0.3 is 0 Å². The summed E-state index contributed by atoms with van der Waals surface area (Å²) in [7, 11) is 0.